The minimum atomic E-state index is -1.13. The molecular formula is C21H25FO2. The van der Waals surface area contributed by atoms with Gasteiger partial charge >= 0.3 is 0 Å². The van der Waals surface area contributed by atoms with Gasteiger partial charge in [0.2, 0.25) is 0 Å². The van der Waals surface area contributed by atoms with Gasteiger partial charge in [-0.2, -0.15) is 0 Å². The average Bonchev–Trinajstić information content (AvgIpc) is 2.85. The minimum absolute atomic E-state index is 0.182. The second-order valence-electron chi connectivity index (χ2n) is 8.49. The number of hydrogen-bond acceptors (Lipinski definition) is 2. The Kier molecular flexibility index (Phi) is 3.55. The maximum absolute atomic E-state index is 13.9. The summed E-state index contributed by atoms with van der Waals surface area (Å²) in [5.41, 5.74) is 0.460. The smallest absolute Gasteiger partial charge is 0.155 e. The molecule has 0 spiro atoms. The van der Waals surface area contributed by atoms with E-state index in [0.29, 0.717) is 37.0 Å². The Morgan fingerprint density at radius 2 is 2.17 bits per heavy atom. The lowest BCUT2D eigenvalue weighted by atomic mass is 9.49. The van der Waals surface area contributed by atoms with Gasteiger partial charge in [-0.05, 0) is 73.8 Å². The van der Waals surface area contributed by atoms with Crippen LogP contribution in [0.4, 0.5) is 4.39 Å². The molecule has 0 aromatic rings. The maximum atomic E-state index is 13.9. The van der Waals surface area contributed by atoms with Crippen molar-refractivity contribution in [1.82, 2.24) is 0 Å². The summed E-state index contributed by atoms with van der Waals surface area (Å²) in [6, 6.07) is 0. The predicted molar refractivity (Wildman–Crippen MR) is 90.4 cm³/mol. The van der Waals surface area contributed by atoms with Crippen LogP contribution in [0.15, 0.2) is 23.6 Å². The van der Waals surface area contributed by atoms with E-state index >= 15 is 0 Å². The normalized spacial score (nSPS) is 49.0. The van der Waals surface area contributed by atoms with E-state index in [4.69, 9.17) is 6.42 Å². The van der Waals surface area contributed by atoms with E-state index in [1.54, 1.807) is 0 Å². The molecule has 3 fully saturated rings. The van der Waals surface area contributed by atoms with Crippen LogP contribution in [0.25, 0.3) is 0 Å². The van der Waals surface area contributed by atoms with Crippen LogP contribution in [0.3, 0.4) is 0 Å². The lowest BCUT2D eigenvalue weighted by Crippen LogP contribution is -2.53. The molecule has 4 aliphatic rings. The molecule has 4 rings (SSSR count). The molecule has 0 aromatic carbocycles. The Labute approximate surface area is 143 Å². The lowest BCUT2D eigenvalue weighted by Gasteiger charge is -2.55. The van der Waals surface area contributed by atoms with E-state index in [2.05, 4.69) is 12.8 Å². The molecule has 0 unspecified atom stereocenters. The first-order chi connectivity index (χ1) is 11.4. The Hall–Kier alpha value is -1.40. The number of allylic oxidation sites excluding steroid dienone is 2. The first-order valence-electron chi connectivity index (χ1n) is 9.16. The highest BCUT2D eigenvalue weighted by Gasteiger charge is 2.63. The van der Waals surface area contributed by atoms with Crippen molar-refractivity contribution in [2.45, 2.75) is 57.5 Å². The molecular weight excluding hydrogens is 303 g/mol. The van der Waals surface area contributed by atoms with Crippen molar-refractivity contribution in [1.29, 1.82) is 0 Å². The van der Waals surface area contributed by atoms with Gasteiger partial charge in [-0.15, -0.1) is 6.42 Å². The number of hydrogen-bond donors (Lipinski definition) is 1. The highest BCUT2D eigenvalue weighted by atomic mass is 19.1. The number of terminal acetylenes is 1. The SMILES string of the molecule is C#C[C@]1(O)CC[C@H]2[C@@H]3CCC4=CC(=O)CC[C@@H]4[C@H]3/C(=C/F)C[C@@]21C. The fourth-order valence-corrected chi connectivity index (χ4v) is 6.46. The molecule has 3 saturated carbocycles. The third-order valence-corrected chi connectivity index (χ3v) is 7.66. The van der Waals surface area contributed by atoms with E-state index in [9.17, 15) is 14.3 Å². The molecule has 0 bridgehead atoms. The van der Waals surface area contributed by atoms with Crippen molar-refractivity contribution in [2.24, 2.45) is 29.1 Å². The number of aliphatic hydroxyl groups is 1. The zero-order chi connectivity index (χ0) is 17.1. The van der Waals surface area contributed by atoms with Crippen LogP contribution in [0.1, 0.15) is 51.9 Å². The minimum Gasteiger partial charge on any atom is -0.377 e. The number of fused-ring (bicyclic) bond motifs is 5. The second-order valence-corrected chi connectivity index (χ2v) is 8.49. The third-order valence-electron chi connectivity index (χ3n) is 7.66. The molecule has 0 aromatic heterocycles. The molecule has 4 aliphatic carbocycles. The van der Waals surface area contributed by atoms with E-state index in [0.717, 1.165) is 37.6 Å². The van der Waals surface area contributed by atoms with Crippen molar-refractivity contribution < 1.29 is 14.3 Å². The number of carbonyl (C=O) groups is 1. The highest BCUT2D eigenvalue weighted by molar-refractivity contribution is 5.91. The monoisotopic (exact) mass is 328 g/mol. The summed E-state index contributed by atoms with van der Waals surface area (Å²) in [5, 5.41) is 11.0. The summed E-state index contributed by atoms with van der Waals surface area (Å²) in [6.07, 6.45) is 13.6. The van der Waals surface area contributed by atoms with Crippen LogP contribution >= 0.6 is 0 Å². The Morgan fingerprint density at radius 1 is 1.38 bits per heavy atom. The average molecular weight is 328 g/mol. The van der Waals surface area contributed by atoms with Gasteiger partial charge in [-0.25, -0.2) is 4.39 Å². The molecule has 3 heteroatoms. The summed E-state index contributed by atoms with van der Waals surface area (Å²) in [5.74, 6) is 4.03. The summed E-state index contributed by atoms with van der Waals surface area (Å²) >= 11 is 0. The first-order valence-corrected chi connectivity index (χ1v) is 9.16. The lowest BCUT2D eigenvalue weighted by molar-refractivity contribution is -0.116. The van der Waals surface area contributed by atoms with Crippen LogP contribution < -0.4 is 0 Å². The van der Waals surface area contributed by atoms with Crippen molar-refractivity contribution in [3.05, 3.63) is 23.6 Å². The van der Waals surface area contributed by atoms with Crippen LogP contribution in [-0.2, 0) is 4.79 Å². The van der Waals surface area contributed by atoms with Gasteiger partial charge in [0, 0.05) is 11.8 Å². The van der Waals surface area contributed by atoms with Gasteiger partial charge < -0.3 is 5.11 Å². The molecule has 2 nitrogen and oxygen atoms in total. The number of carbonyl (C=O) groups excluding carboxylic acids is 1. The molecule has 128 valence electrons. The van der Waals surface area contributed by atoms with Crippen molar-refractivity contribution in [2.75, 3.05) is 0 Å². The van der Waals surface area contributed by atoms with Gasteiger partial charge in [0.1, 0.15) is 5.60 Å². The Balaban J connectivity index is 1.76. The molecule has 1 N–H and O–H groups in total. The van der Waals surface area contributed by atoms with Crippen LogP contribution in [-0.4, -0.2) is 16.5 Å². The van der Waals surface area contributed by atoms with E-state index < -0.39 is 11.0 Å². The quantitative estimate of drug-likeness (QED) is 0.684. The van der Waals surface area contributed by atoms with Crippen LogP contribution in [0.2, 0.25) is 0 Å². The summed E-state index contributed by atoms with van der Waals surface area (Å²) in [6.45, 7) is 2.06. The Bertz CT molecular complexity index is 684. The standard InChI is InChI=1S/C21H25FO2/c1-3-21(24)9-8-18-17-6-4-13-10-15(23)5-7-16(13)19(17)14(12-22)11-20(18,21)2/h1,10,12,16-19,24H,4-9,11H2,2H3/b14-12+/t16-,17-,18-,19+,20-,21-/m0/s1. The largest absolute Gasteiger partial charge is 0.377 e. The van der Waals surface area contributed by atoms with Gasteiger partial charge in [-0.1, -0.05) is 18.4 Å². The fourth-order valence-electron chi connectivity index (χ4n) is 6.46. The molecule has 6 atom stereocenters. The first kappa shape index (κ1) is 16.1. The topological polar surface area (TPSA) is 37.3 Å². The van der Waals surface area contributed by atoms with E-state index in [1.807, 2.05) is 6.08 Å². The van der Waals surface area contributed by atoms with Gasteiger partial charge in [-0.3, -0.25) is 4.79 Å². The maximum Gasteiger partial charge on any atom is 0.155 e. The third kappa shape index (κ3) is 1.96. The molecule has 0 aliphatic heterocycles. The summed E-state index contributed by atoms with van der Waals surface area (Å²) < 4.78 is 13.9. The van der Waals surface area contributed by atoms with E-state index in [-0.39, 0.29) is 11.7 Å². The Morgan fingerprint density at radius 3 is 2.88 bits per heavy atom. The number of rotatable bonds is 0. The molecule has 0 saturated heterocycles. The zero-order valence-electron chi connectivity index (χ0n) is 14.2. The molecule has 24 heavy (non-hydrogen) atoms. The van der Waals surface area contributed by atoms with Gasteiger partial charge in [0.15, 0.2) is 5.78 Å². The summed E-state index contributed by atoms with van der Waals surface area (Å²) in [4.78, 5) is 11.8. The van der Waals surface area contributed by atoms with Gasteiger partial charge in [0.25, 0.3) is 0 Å². The second kappa shape index (κ2) is 5.30. The van der Waals surface area contributed by atoms with Gasteiger partial charge in [0.05, 0.1) is 6.33 Å². The molecule has 0 radical (unpaired) electrons. The summed E-state index contributed by atoms with van der Waals surface area (Å²) in [7, 11) is 0. The van der Waals surface area contributed by atoms with Crippen molar-refractivity contribution in [3.63, 3.8) is 0 Å². The molecule has 0 heterocycles. The zero-order valence-corrected chi connectivity index (χ0v) is 14.2. The number of ketones is 1. The fraction of sp³-hybridized carbons (Fsp3) is 0.667. The van der Waals surface area contributed by atoms with Crippen LogP contribution in [0.5, 0.6) is 0 Å². The predicted octanol–water partition coefficient (Wildman–Crippen LogP) is 3.96. The van der Waals surface area contributed by atoms with Crippen LogP contribution in [0, 0.1) is 41.4 Å². The van der Waals surface area contributed by atoms with E-state index in [1.165, 1.54) is 5.57 Å². The number of halogens is 1. The highest BCUT2D eigenvalue weighted by Crippen LogP contribution is 2.66. The van der Waals surface area contributed by atoms with Crippen molar-refractivity contribution >= 4 is 5.78 Å². The van der Waals surface area contributed by atoms with Crippen molar-refractivity contribution in [3.8, 4) is 12.3 Å². The molecule has 0 amide bonds.